The summed E-state index contributed by atoms with van der Waals surface area (Å²) in [5, 5.41) is 8.95. The normalized spacial score (nSPS) is 16.3. The van der Waals surface area contributed by atoms with E-state index in [2.05, 4.69) is 4.90 Å². The highest BCUT2D eigenvalue weighted by atomic mass is 16.4. The van der Waals surface area contributed by atoms with Gasteiger partial charge in [-0.15, -0.1) is 0 Å². The Labute approximate surface area is 83.0 Å². The minimum absolute atomic E-state index is 0.430. The number of carbonyl (C=O) groups is 1. The molecule has 0 unspecified atom stereocenters. The van der Waals surface area contributed by atoms with Crippen LogP contribution >= 0.6 is 0 Å². The molecule has 14 heavy (non-hydrogen) atoms. The zero-order valence-corrected chi connectivity index (χ0v) is 7.94. The molecule has 1 aliphatic rings. The Balaban J connectivity index is 2.17. The zero-order valence-electron chi connectivity index (χ0n) is 7.94. The Morgan fingerprint density at radius 2 is 2.07 bits per heavy atom. The summed E-state index contributed by atoms with van der Waals surface area (Å²) in [6.45, 7) is 2.95. The first-order chi connectivity index (χ1) is 6.77. The maximum Gasteiger partial charge on any atom is 0.336 e. The molecule has 1 heterocycles. The highest BCUT2D eigenvalue weighted by Crippen LogP contribution is 2.15. The van der Waals surface area contributed by atoms with E-state index < -0.39 is 5.97 Å². The minimum Gasteiger partial charge on any atom is -0.478 e. The third kappa shape index (κ3) is 1.77. The fourth-order valence-corrected chi connectivity index (χ4v) is 1.65. The first kappa shape index (κ1) is 9.21. The Hall–Kier alpha value is -1.35. The number of rotatable bonds is 3. The summed E-state index contributed by atoms with van der Waals surface area (Å²) in [6, 6.07) is 7.21. The van der Waals surface area contributed by atoms with Crippen molar-refractivity contribution in [1.29, 1.82) is 0 Å². The van der Waals surface area contributed by atoms with Gasteiger partial charge in [-0.05, 0) is 31.1 Å². The smallest absolute Gasteiger partial charge is 0.336 e. The molecule has 0 atom stereocenters. The highest BCUT2D eigenvalue weighted by Gasteiger charge is 2.17. The van der Waals surface area contributed by atoms with Gasteiger partial charge in [0.25, 0.3) is 0 Å². The lowest BCUT2D eigenvalue weighted by molar-refractivity contribution is 0.0693. The molecular weight excluding hydrogens is 178 g/mol. The van der Waals surface area contributed by atoms with Crippen molar-refractivity contribution in [2.75, 3.05) is 13.1 Å². The van der Waals surface area contributed by atoms with Crippen LogP contribution in [0.1, 0.15) is 22.3 Å². The maximum atomic E-state index is 10.9. The average molecular weight is 191 g/mol. The van der Waals surface area contributed by atoms with Gasteiger partial charge in [-0.1, -0.05) is 18.2 Å². The predicted molar refractivity (Wildman–Crippen MR) is 53.3 cm³/mol. The van der Waals surface area contributed by atoms with E-state index in [1.165, 1.54) is 6.42 Å². The van der Waals surface area contributed by atoms with Gasteiger partial charge in [0, 0.05) is 6.54 Å². The number of aromatic carboxylic acids is 1. The second-order valence-electron chi connectivity index (χ2n) is 3.59. The molecule has 0 aromatic heterocycles. The quantitative estimate of drug-likeness (QED) is 0.788. The summed E-state index contributed by atoms with van der Waals surface area (Å²) >= 11 is 0. The van der Waals surface area contributed by atoms with Crippen molar-refractivity contribution in [2.24, 2.45) is 0 Å². The molecule has 0 saturated carbocycles. The standard InChI is InChI=1S/C11H13NO2/c13-11(14)10-5-2-1-4-9(10)8-12-6-3-7-12/h1-2,4-5H,3,6-8H2,(H,13,14). The molecule has 1 aromatic carbocycles. The number of carboxylic acid groups (broad SMARTS) is 1. The SMILES string of the molecule is O=C(O)c1ccccc1CN1CCC1. The average Bonchev–Trinajstić information content (AvgIpc) is 2.12. The minimum atomic E-state index is -0.832. The predicted octanol–water partition coefficient (Wildman–Crippen LogP) is 1.59. The van der Waals surface area contributed by atoms with Crippen LogP contribution in [0.2, 0.25) is 0 Å². The molecule has 74 valence electrons. The lowest BCUT2D eigenvalue weighted by Gasteiger charge is -2.31. The van der Waals surface area contributed by atoms with Gasteiger partial charge >= 0.3 is 5.97 Å². The van der Waals surface area contributed by atoms with E-state index in [-0.39, 0.29) is 0 Å². The highest BCUT2D eigenvalue weighted by molar-refractivity contribution is 5.89. The Bertz CT molecular complexity index is 345. The molecule has 3 heteroatoms. The molecule has 1 fully saturated rings. The van der Waals surface area contributed by atoms with E-state index in [1.54, 1.807) is 12.1 Å². The Morgan fingerprint density at radius 1 is 1.36 bits per heavy atom. The lowest BCUT2D eigenvalue weighted by Crippen LogP contribution is -2.36. The molecule has 2 rings (SSSR count). The number of benzene rings is 1. The van der Waals surface area contributed by atoms with Gasteiger partial charge in [-0.25, -0.2) is 4.79 Å². The molecule has 0 amide bonds. The van der Waals surface area contributed by atoms with Crippen molar-refractivity contribution in [3.8, 4) is 0 Å². The van der Waals surface area contributed by atoms with E-state index in [9.17, 15) is 4.79 Å². The number of nitrogens with zero attached hydrogens (tertiary/aromatic N) is 1. The largest absolute Gasteiger partial charge is 0.478 e. The van der Waals surface area contributed by atoms with Crippen LogP contribution in [0.3, 0.4) is 0 Å². The van der Waals surface area contributed by atoms with Gasteiger partial charge in [-0.2, -0.15) is 0 Å². The van der Waals surface area contributed by atoms with Crippen LogP contribution in [0.5, 0.6) is 0 Å². The van der Waals surface area contributed by atoms with Crippen molar-refractivity contribution in [3.05, 3.63) is 35.4 Å². The third-order valence-electron chi connectivity index (χ3n) is 2.59. The van der Waals surface area contributed by atoms with Gasteiger partial charge < -0.3 is 5.11 Å². The third-order valence-corrected chi connectivity index (χ3v) is 2.59. The summed E-state index contributed by atoms with van der Waals surface area (Å²) in [5.74, 6) is -0.832. The van der Waals surface area contributed by atoms with Crippen molar-refractivity contribution in [3.63, 3.8) is 0 Å². The van der Waals surface area contributed by atoms with Gasteiger partial charge in [0.15, 0.2) is 0 Å². The Morgan fingerprint density at radius 3 is 2.64 bits per heavy atom. The molecule has 1 saturated heterocycles. The molecular formula is C11H13NO2. The van der Waals surface area contributed by atoms with E-state index in [0.717, 1.165) is 25.2 Å². The molecule has 0 radical (unpaired) electrons. The molecule has 0 spiro atoms. The van der Waals surface area contributed by atoms with Crippen LogP contribution in [0, 0.1) is 0 Å². The molecule has 1 N–H and O–H groups in total. The maximum absolute atomic E-state index is 10.9. The first-order valence-electron chi connectivity index (χ1n) is 4.81. The second kappa shape index (κ2) is 3.80. The van der Waals surface area contributed by atoms with Crippen molar-refractivity contribution in [1.82, 2.24) is 4.90 Å². The molecule has 1 aromatic rings. The van der Waals surface area contributed by atoms with Gasteiger partial charge in [0.2, 0.25) is 0 Å². The fraction of sp³-hybridized carbons (Fsp3) is 0.364. The van der Waals surface area contributed by atoms with Crippen LogP contribution in [-0.4, -0.2) is 29.1 Å². The van der Waals surface area contributed by atoms with Gasteiger partial charge in [0.1, 0.15) is 0 Å². The van der Waals surface area contributed by atoms with Gasteiger partial charge in [-0.3, -0.25) is 4.90 Å². The van der Waals surface area contributed by atoms with Gasteiger partial charge in [0.05, 0.1) is 5.56 Å². The van der Waals surface area contributed by atoms with E-state index in [0.29, 0.717) is 5.56 Å². The Kier molecular flexibility index (Phi) is 2.50. The molecule has 0 aliphatic carbocycles. The summed E-state index contributed by atoms with van der Waals surface area (Å²) in [5.41, 5.74) is 1.35. The zero-order chi connectivity index (χ0) is 9.97. The fourth-order valence-electron chi connectivity index (χ4n) is 1.65. The number of likely N-dealkylation sites (tertiary alicyclic amines) is 1. The van der Waals surface area contributed by atoms with Crippen molar-refractivity contribution >= 4 is 5.97 Å². The topological polar surface area (TPSA) is 40.5 Å². The van der Waals surface area contributed by atoms with E-state index >= 15 is 0 Å². The summed E-state index contributed by atoms with van der Waals surface area (Å²) in [6.07, 6.45) is 1.23. The van der Waals surface area contributed by atoms with Crippen LogP contribution < -0.4 is 0 Å². The van der Waals surface area contributed by atoms with Crippen molar-refractivity contribution in [2.45, 2.75) is 13.0 Å². The van der Waals surface area contributed by atoms with Crippen LogP contribution in [-0.2, 0) is 6.54 Å². The van der Waals surface area contributed by atoms with E-state index in [1.807, 2.05) is 12.1 Å². The summed E-state index contributed by atoms with van der Waals surface area (Å²) in [4.78, 5) is 13.1. The second-order valence-corrected chi connectivity index (χ2v) is 3.59. The van der Waals surface area contributed by atoms with E-state index in [4.69, 9.17) is 5.11 Å². The van der Waals surface area contributed by atoms with Crippen LogP contribution in [0.25, 0.3) is 0 Å². The number of hydrogen-bond acceptors (Lipinski definition) is 2. The number of hydrogen-bond donors (Lipinski definition) is 1. The number of carboxylic acids is 1. The first-order valence-corrected chi connectivity index (χ1v) is 4.81. The molecule has 1 aliphatic heterocycles. The lowest BCUT2D eigenvalue weighted by atomic mass is 10.1. The monoisotopic (exact) mass is 191 g/mol. The molecule has 0 bridgehead atoms. The van der Waals surface area contributed by atoms with Crippen molar-refractivity contribution < 1.29 is 9.90 Å². The summed E-state index contributed by atoms with van der Waals surface area (Å²) < 4.78 is 0. The van der Waals surface area contributed by atoms with Crippen LogP contribution in [0.15, 0.2) is 24.3 Å². The molecule has 3 nitrogen and oxygen atoms in total. The van der Waals surface area contributed by atoms with Crippen LogP contribution in [0.4, 0.5) is 0 Å². The summed E-state index contributed by atoms with van der Waals surface area (Å²) in [7, 11) is 0.